The summed E-state index contributed by atoms with van der Waals surface area (Å²) < 4.78 is 33.9. The zero-order chi connectivity index (χ0) is 19.4. The second kappa shape index (κ2) is 6.21. The Balaban J connectivity index is 1.86. The maximum Gasteiger partial charge on any atom is 0.167 e. The van der Waals surface area contributed by atoms with Crippen LogP contribution < -0.4 is 4.74 Å². The molecule has 0 atom stereocenters. The first-order chi connectivity index (χ1) is 13.5. The quantitative estimate of drug-likeness (QED) is 0.452. The van der Waals surface area contributed by atoms with E-state index >= 15 is 0 Å². The highest BCUT2D eigenvalue weighted by Gasteiger charge is 2.18. The maximum atomic E-state index is 13.9. The van der Waals surface area contributed by atoms with Crippen LogP contribution in [0.3, 0.4) is 0 Å². The first-order valence-electron chi connectivity index (χ1n) is 9.13. The minimum atomic E-state index is -0.298. The second-order valence-electron chi connectivity index (χ2n) is 7.33. The molecule has 0 unspecified atom stereocenters. The fourth-order valence-corrected chi connectivity index (χ4v) is 3.77. The maximum absolute atomic E-state index is 13.9. The molecular weight excluding hydrogens is 360 g/mol. The van der Waals surface area contributed by atoms with Crippen LogP contribution in [0.5, 0.6) is 5.75 Å². The number of ether oxygens (including phenoxy) is 1. The molecule has 0 aliphatic carbocycles. The highest BCUT2D eigenvalue weighted by Crippen LogP contribution is 2.41. The lowest BCUT2D eigenvalue weighted by molar-refractivity contribution is 0.265. The Labute approximate surface area is 159 Å². The van der Waals surface area contributed by atoms with Gasteiger partial charge in [-0.05, 0) is 56.6 Å². The van der Waals surface area contributed by atoms with Gasteiger partial charge in [0.2, 0.25) is 0 Å². The third-order valence-electron chi connectivity index (χ3n) is 5.13. The molecule has 0 saturated carbocycles. The Hall–Kier alpha value is -3.12. The molecule has 0 aliphatic rings. The molecular formula is C22H19F2N3O. The molecule has 5 aromatic rings. The third kappa shape index (κ3) is 2.60. The number of nitrogens with one attached hydrogen (secondary N) is 2. The summed E-state index contributed by atoms with van der Waals surface area (Å²) in [4.78, 5) is 8.76. The molecule has 28 heavy (non-hydrogen) atoms. The Morgan fingerprint density at radius 1 is 0.786 bits per heavy atom. The summed E-state index contributed by atoms with van der Waals surface area (Å²) in [6.07, 6.45) is 0. The number of H-pyrrole nitrogens is 2. The van der Waals surface area contributed by atoms with E-state index in [1.807, 2.05) is 25.1 Å². The molecule has 0 saturated heterocycles. The van der Waals surface area contributed by atoms with Crippen LogP contribution in [0.2, 0.25) is 0 Å². The molecule has 0 radical (unpaired) electrons. The number of aromatic amines is 2. The minimum Gasteiger partial charge on any atom is -0.488 e. The van der Waals surface area contributed by atoms with Crippen molar-refractivity contribution in [2.24, 2.45) is 0 Å². The Morgan fingerprint density at radius 2 is 1.32 bits per heavy atom. The summed E-state index contributed by atoms with van der Waals surface area (Å²) in [5.41, 5.74) is 3.27. The molecule has 0 aliphatic heterocycles. The third-order valence-corrected chi connectivity index (χ3v) is 5.13. The van der Waals surface area contributed by atoms with Gasteiger partial charge in [-0.15, -0.1) is 0 Å². The molecule has 0 amide bonds. The fourth-order valence-electron chi connectivity index (χ4n) is 3.77. The number of rotatable bonds is 4. The van der Waals surface area contributed by atoms with Gasteiger partial charge in [-0.1, -0.05) is 0 Å². The summed E-state index contributed by atoms with van der Waals surface area (Å²) in [6, 6.07) is 11.3. The van der Waals surface area contributed by atoms with E-state index in [0.29, 0.717) is 12.4 Å². The van der Waals surface area contributed by atoms with Crippen LogP contribution in [0.1, 0.15) is 0 Å². The Kier molecular flexibility index (Phi) is 3.77. The van der Waals surface area contributed by atoms with Crippen molar-refractivity contribution in [1.29, 1.82) is 0 Å². The van der Waals surface area contributed by atoms with Crippen molar-refractivity contribution in [3.63, 3.8) is 0 Å². The highest BCUT2D eigenvalue weighted by atomic mass is 19.1. The number of nitrogens with zero attached hydrogens (tertiary/aromatic N) is 1. The number of aromatic nitrogens is 2. The second-order valence-corrected chi connectivity index (χ2v) is 7.33. The summed E-state index contributed by atoms with van der Waals surface area (Å²) in [5.74, 6) is 0.0738. The van der Waals surface area contributed by atoms with Gasteiger partial charge in [0.15, 0.2) is 5.75 Å². The van der Waals surface area contributed by atoms with E-state index in [2.05, 4.69) is 9.97 Å². The van der Waals surface area contributed by atoms with E-state index in [4.69, 9.17) is 4.74 Å². The topological polar surface area (TPSA) is 44.0 Å². The van der Waals surface area contributed by atoms with Gasteiger partial charge in [0.05, 0.1) is 11.0 Å². The van der Waals surface area contributed by atoms with Gasteiger partial charge in [0.1, 0.15) is 18.2 Å². The number of benzene rings is 3. The van der Waals surface area contributed by atoms with Crippen molar-refractivity contribution in [3.05, 3.63) is 54.1 Å². The largest absolute Gasteiger partial charge is 0.488 e. The first kappa shape index (κ1) is 17.0. The van der Waals surface area contributed by atoms with E-state index in [0.717, 1.165) is 50.2 Å². The van der Waals surface area contributed by atoms with Crippen LogP contribution in [0.25, 0.3) is 43.6 Å². The Morgan fingerprint density at radius 3 is 1.82 bits per heavy atom. The average Bonchev–Trinajstić information content (AvgIpc) is 3.19. The zero-order valence-electron chi connectivity index (χ0n) is 15.6. The van der Waals surface area contributed by atoms with Crippen molar-refractivity contribution in [3.8, 4) is 5.75 Å². The monoisotopic (exact) mass is 379 g/mol. The predicted octanol–water partition coefficient (Wildman–Crippen LogP) is 5.17. The van der Waals surface area contributed by atoms with E-state index in [1.54, 1.807) is 12.1 Å². The molecule has 0 spiro atoms. The lowest BCUT2D eigenvalue weighted by Gasteiger charge is -2.12. The molecule has 0 bridgehead atoms. The molecule has 6 heteroatoms. The van der Waals surface area contributed by atoms with Gasteiger partial charge in [-0.25, -0.2) is 8.78 Å². The smallest absolute Gasteiger partial charge is 0.167 e. The van der Waals surface area contributed by atoms with Gasteiger partial charge in [-0.2, -0.15) is 0 Å². The molecule has 2 heterocycles. The molecule has 3 aromatic carbocycles. The van der Waals surface area contributed by atoms with Crippen molar-refractivity contribution in [2.45, 2.75) is 0 Å². The lowest BCUT2D eigenvalue weighted by atomic mass is 10.1. The summed E-state index contributed by atoms with van der Waals surface area (Å²) in [6.45, 7) is 1.25. The molecule has 2 N–H and O–H groups in total. The SMILES string of the molecule is CN(C)CCOc1c2[nH]c3ccc(F)cc3c2cc2c1[nH]c1ccc(F)cc12. The fraction of sp³-hybridized carbons (Fsp3) is 0.182. The van der Waals surface area contributed by atoms with Crippen LogP contribution in [0, 0.1) is 11.6 Å². The molecule has 142 valence electrons. The van der Waals surface area contributed by atoms with Crippen LogP contribution in [-0.2, 0) is 0 Å². The van der Waals surface area contributed by atoms with Crippen LogP contribution in [0.15, 0.2) is 42.5 Å². The number of hydrogen-bond donors (Lipinski definition) is 2. The first-order valence-corrected chi connectivity index (χ1v) is 9.13. The molecule has 4 nitrogen and oxygen atoms in total. The zero-order valence-corrected chi connectivity index (χ0v) is 15.6. The van der Waals surface area contributed by atoms with E-state index < -0.39 is 0 Å². The molecule has 0 fully saturated rings. The van der Waals surface area contributed by atoms with Gasteiger partial charge in [0, 0.05) is 39.1 Å². The summed E-state index contributed by atoms with van der Waals surface area (Å²) in [5, 5.41) is 3.26. The lowest BCUT2D eigenvalue weighted by Crippen LogP contribution is -2.19. The number of likely N-dealkylation sites (N-methyl/N-ethyl adjacent to an activating group) is 1. The number of fused-ring (bicyclic) bond motifs is 6. The minimum absolute atomic E-state index is 0.298. The standard InChI is InChI=1S/C22H19F2N3O/c1-27(2)7-8-28-22-20-16(14-9-12(23)3-5-18(14)25-20)11-17-15-10-13(24)4-6-19(15)26-21(17)22/h3-6,9-11,25-26H,7-8H2,1-2H3. The summed E-state index contributed by atoms with van der Waals surface area (Å²) in [7, 11) is 3.97. The van der Waals surface area contributed by atoms with Crippen molar-refractivity contribution in [1.82, 2.24) is 14.9 Å². The van der Waals surface area contributed by atoms with Gasteiger partial charge < -0.3 is 19.6 Å². The predicted molar refractivity (Wildman–Crippen MR) is 109 cm³/mol. The van der Waals surface area contributed by atoms with Gasteiger partial charge in [0.25, 0.3) is 0 Å². The summed E-state index contributed by atoms with van der Waals surface area (Å²) >= 11 is 0. The Bertz CT molecular complexity index is 1260. The number of halogens is 2. The van der Waals surface area contributed by atoms with E-state index in [9.17, 15) is 8.78 Å². The van der Waals surface area contributed by atoms with E-state index in [1.165, 1.54) is 24.3 Å². The molecule has 2 aromatic heterocycles. The molecule has 5 rings (SSSR count). The van der Waals surface area contributed by atoms with Gasteiger partial charge >= 0.3 is 0 Å². The van der Waals surface area contributed by atoms with Crippen LogP contribution in [0.4, 0.5) is 8.78 Å². The van der Waals surface area contributed by atoms with Gasteiger partial charge in [-0.3, -0.25) is 0 Å². The van der Waals surface area contributed by atoms with Crippen molar-refractivity contribution >= 4 is 43.6 Å². The normalized spacial score (nSPS) is 12.2. The van der Waals surface area contributed by atoms with Crippen LogP contribution >= 0.6 is 0 Å². The van der Waals surface area contributed by atoms with Crippen LogP contribution in [-0.4, -0.2) is 42.1 Å². The number of hydrogen-bond acceptors (Lipinski definition) is 2. The highest BCUT2D eigenvalue weighted by molar-refractivity contribution is 6.20. The van der Waals surface area contributed by atoms with Crippen molar-refractivity contribution < 1.29 is 13.5 Å². The van der Waals surface area contributed by atoms with Crippen molar-refractivity contribution in [2.75, 3.05) is 27.2 Å². The average molecular weight is 379 g/mol. The van der Waals surface area contributed by atoms with E-state index in [-0.39, 0.29) is 11.6 Å².